The number of hydrogen-bond acceptors (Lipinski definition) is 7. The zero-order valence-corrected chi connectivity index (χ0v) is 19.7. The molecule has 0 saturated carbocycles. The van der Waals surface area contributed by atoms with Gasteiger partial charge in [0.1, 0.15) is 5.82 Å². The normalized spacial score (nSPS) is 26.3. The van der Waals surface area contributed by atoms with Gasteiger partial charge in [0.25, 0.3) is 10.0 Å². The fraction of sp³-hybridized carbons (Fsp3) is 0.545. The van der Waals surface area contributed by atoms with Gasteiger partial charge in [0, 0.05) is 26.3 Å². The number of aromatic nitrogens is 2. The second-order valence-corrected chi connectivity index (χ2v) is 10.5. The number of fused-ring (bicyclic) bond motifs is 1. The smallest absolute Gasteiger partial charge is 0.262 e. The molecule has 34 heavy (non-hydrogen) atoms. The molecule has 4 rings (SSSR count). The number of benzene rings is 1. The number of aliphatic hydroxyl groups excluding tert-OH is 1. The number of hydrogen-bond donors (Lipinski definition) is 2. The third-order valence-electron chi connectivity index (χ3n) is 5.98. The minimum atomic E-state index is -3.97. The van der Waals surface area contributed by atoms with E-state index >= 15 is 0 Å². The predicted octanol–water partition coefficient (Wildman–Crippen LogP) is 0.564. The first-order valence-electron chi connectivity index (χ1n) is 11.1. The minimum absolute atomic E-state index is 0.0282. The van der Waals surface area contributed by atoms with E-state index in [-0.39, 0.29) is 49.5 Å². The van der Waals surface area contributed by atoms with Crippen LogP contribution in [0.5, 0.6) is 0 Å². The van der Waals surface area contributed by atoms with Crippen molar-refractivity contribution in [2.75, 3.05) is 19.8 Å². The average molecular weight is 497 g/mol. The summed E-state index contributed by atoms with van der Waals surface area (Å²) in [5.74, 6) is -0.610. The number of β-amino-alcohol motifs (C(OH)–C–C–N with tert-alkyl or cyclic N) is 1. The van der Waals surface area contributed by atoms with Crippen molar-refractivity contribution in [3.63, 3.8) is 0 Å². The van der Waals surface area contributed by atoms with Crippen molar-refractivity contribution < 1.29 is 32.2 Å². The summed E-state index contributed by atoms with van der Waals surface area (Å²) >= 11 is 0. The highest BCUT2D eigenvalue weighted by atomic mass is 32.2. The van der Waals surface area contributed by atoms with E-state index in [1.54, 1.807) is 23.7 Å². The van der Waals surface area contributed by atoms with Crippen LogP contribution in [0.3, 0.4) is 0 Å². The van der Waals surface area contributed by atoms with Crippen LogP contribution in [0.2, 0.25) is 0 Å². The monoisotopic (exact) mass is 496 g/mol. The molecule has 2 aliphatic heterocycles. The molecule has 1 amide bonds. The van der Waals surface area contributed by atoms with Gasteiger partial charge in [0.05, 0.1) is 50.3 Å². The van der Waals surface area contributed by atoms with E-state index in [4.69, 9.17) is 9.47 Å². The lowest BCUT2D eigenvalue weighted by molar-refractivity contribution is -0.146. The largest absolute Gasteiger partial charge is 0.389 e. The molecular formula is C22H29FN4O6S. The summed E-state index contributed by atoms with van der Waals surface area (Å²) in [5.41, 5.74) is 0.653. The maximum absolute atomic E-state index is 13.3. The SMILES string of the molecule is Cn1cnc(S(=O)(=O)N2C[C@H](O)COC[C@@H]3O[C@H](CC(=O)NCc4cccc(F)c4)CC[C@H]32)c1. The molecule has 1 aromatic carbocycles. The van der Waals surface area contributed by atoms with Crippen LogP contribution in [0.1, 0.15) is 24.8 Å². The molecule has 0 spiro atoms. The molecule has 0 unspecified atom stereocenters. The molecule has 0 radical (unpaired) electrons. The Kier molecular flexibility index (Phi) is 7.63. The Hall–Kier alpha value is -2.38. The Morgan fingerprint density at radius 3 is 2.88 bits per heavy atom. The Bertz CT molecular complexity index is 1110. The molecule has 4 atom stereocenters. The topological polar surface area (TPSA) is 123 Å². The number of imidazole rings is 1. The van der Waals surface area contributed by atoms with Crippen LogP contribution in [0, 0.1) is 5.82 Å². The number of aliphatic hydroxyl groups is 1. The maximum atomic E-state index is 13.3. The first kappa shape index (κ1) is 24.7. The number of nitrogens with zero attached hydrogens (tertiary/aromatic N) is 3. The fourth-order valence-corrected chi connectivity index (χ4v) is 6.03. The van der Waals surface area contributed by atoms with Gasteiger partial charge in [-0.05, 0) is 30.5 Å². The average Bonchev–Trinajstić information content (AvgIpc) is 3.22. The highest BCUT2D eigenvalue weighted by Crippen LogP contribution is 2.31. The van der Waals surface area contributed by atoms with Crippen molar-refractivity contribution in [2.45, 2.75) is 55.2 Å². The van der Waals surface area contributed by atoms with E-state index in [2.05, 4.69) is 10.3 Å². The van der Waals surface area contributed by atoms with Crippen molar-refractivity contribution >= 4 is 15.9 Å². The maximum Gasteiger partial charge on any atom is 0.262 e. The number of rotatable bonds is 6. The molecule has 10 nitrogen and oxygen atoms in total. The number of ether oxygens (including phenoxy) is 2. The van der Waals surface area contributed by atoms with Gasteiger partial charge in [-0.15, -0.1) is 0 Å². The van der Waals surface area contributed by atoms with E-state index in [1.807, 2.05) is 0 Å². The summed E-state index contributed by atoms with van der Waals surface area (Å²) < 4.78 is 54.4. The third-order valence-corrected chi connectivity index (χ3v) is 7.76. The Morgan fingerprint density at radius 2 is 2.15 bits per heavy atom. The number of amides is 1. The lowest BCUT2D eigenvalue weighted by Gasteiger charge is -2.43. The van der Waals surface area contributed by atoms with Gasteiger partial charge >= 0.3 is 0 Å². The van der Waals surface area contributed by atoms with Gasteiger partial charge in [0.2, 0.25) is 5.91 Å². The lowest BCUT2D eigenvalue weighted by Crippen LogP contribution is -2.57. The van der Waals surface area contributed by atoms with Crippen LogP contribution in [0.15, 0.2) is 41.8 Å². The van der Waals surface area contributed by atoms with Gasteiger partial charge in [-0.2, -0.15) is 4.31 Å². The first-order chi connectivity index (χ1) is 16.2. The van der Waals surface area contributed by atoms with Crippen molar-refractivity contribution in [1.82, 2.24) is 19.2 Å². The number of nitrogens with one attached hydrogen (secondary N) is 1. The number of aryl methyl sites for hydroxylation is 1. The summed E-state index contributed by atoms with van der Waals surface area (Å²) in [4.78, 5) is 16.4. The van der Waals surface area contributed by atoms with E-state index in [1.165, 1.54) is 29.0 Å². The second kappa shape index (κ2) is 10.5. The van der Waals surface area contributed by atoms with Crippen molar-refractivity contribution in [1.29, 1.82) is 0 Å². The summed E-state index contributed by atoms with van der Waals surface area (Å²) in [6.07, 6.45) is 1.82. The summed E-state index contributed by atoms with van der Waals surface area (Å²) in [6.45, 7) is 0.131. The van der Waals surface area contributed by atoms with Gasteiger partial charge in [-0.3, -0.25) is 4.79 Å². The first-order valence-corrected chi connectivity index (χ1v) is 12.6. The molecule has 2 aliphatic rings. The Balaban J connectivity index is 1.41. The zero-order valence-electron chi connectivity index (χ0n) is 18.8. The van der Waals surface area contributed by atoms with Gasteiger partial charge in [-0.25, -0.2) is 17.8 Å². The molecule has 12 heteroatoms. The summed E-state index contributed by atoms with van der Waals surface area (Å²) in [6, 6.07) is 5.44. The van der Waals surface area contributed by atoms with Crippen LogP contribution < -0.4 is 5.32 Å². The van der Waals surface area contributed by atoms with E-state index in [0.717, 1.165) is 0 Å². The number of sulfonamides is 1. The molecule has 1 aromatic heterocycles. The van der Waals surface area contributed by atoms with Gasteiger partial charge < -0.3 is 24.5 Å². The van der Waals surface area contributed by atoms with Gasteiger partial charge in [0.15, 0.2) is 5.03 Å². The van der Waals surface area contributed by atoms with Crippen LogP contribution in [0.4, 0.5) is 4.39 Å². The third kappa shape index (κ3) is 5.81. The van der Waals surface area contributed by atoms with Crippen LogP contribution in [-0.4, -0.2) is 77.4 Å². The minimum Gasteiger partial charge on any atom is -0.389 e. The number of halogens is 1. The second-order valence-electron chi connectivity index (χ2n) is 8.70. The zero-order chi connectivity index (χ0) is 24.3. The molecule has 2 N–H and O–H groups in total. The molecule has 2 aromatic rings. The van der Waals surface area contributed by atoms with Crippen LogP contribution in [0.25, 0.3) is 0 Å². The molecule has 186 valence electrons. The summed E-state index contributed by atoms with van der Waals surface area (Å²) in [5, 5.41) is 12.9. The Morgan fingerprint density at radius 1 is 1.32 bits per heavy atom. The highest BCUT2D eigenvalue weighted by Gasteiger charge is 2.43. The standard InChI is InChI=1S/C22H29FN4O6S/c1-26-11-22(25-14-26)34(30,31)27-10-17(28)12-32-13-20-19(27)6-5-18(33-20)8-21(29)24-9-15-3-2-4-16(23)7-15/h2-4,7,11,14,17-20,28H,5-6,8-10,12-13H2,1H3,(H,24,29)/t17-,18-,19+,20-/m0/s1. The van der Waals surface area contributed by atoms with Crippen molar-refractivity contribution in [3.8, 4) is 0 Å². The molecule has 0 aliphatic carbocycles. The Labute approximate surface area is 197 Å². The van der Waals surface area contributed by atoms with Crippen molar-refractivity contribution in [3.05, 3.63) is 48.2 Å². The quantitative estimate of drug-likeness (QED) is 0.599. The fourth-order valence-electron chi connectivity index (χ4n) is 4.34. The van der Waals surface area contributed by atoms with Crippen molar-refractivity contribution in [2.24, 2.45) is 7.05 Å². The van der Waals surface area contributed by atoms with Crippen LogP contribution in [-0.2, 0) is 37.9 Å². The van der Waals surface area contributed by atoms with E-state index in [0.29, 0.717) is 18.4 Å². The van der Waals surface area contributed by atoms with Crippen LogP contribution >= 0.6 is 0 Å². The number of carbonyl (C=O) groups excluding carboxylic acids is 1. The molecule has 0 bridgehead atoms. The van der Waals surface area contributed by atoms with Gasteiger partial charge in [-0.1, -0.05) is 12.1 Å². The number of carbonyl (C=O) groups is 1. The van der Waals surface area contributed by atoms with E-state index < -0.39 is 34.4 Å². The highest BCUT2D eigenvalue weighted by molar-refractivity contribution is 7.89. The summed E-state index contributed by atoms with van der Waals surface area (Å²) in [7, 11) is -2.29. The predicted molar refractivity (Wildman–Crippen MR) is 118 cm³/mol. The molecular weight excluding hydrogens is 467 g/mol. The van der Waals surface area contributed by atoms with E-state index in [9.17, 15) is 22.7 Å². The molecule has 3 heterocycles. The molecule has 2 fully saturated rings. The lowest BCUT2D eigenvalue weighted by atomic mass is 9.96. The molecule has 2 saturated heterocycles.